The SMILES string of the molecule is COc1ccccc1Cn1cc(C=C2SC(=O)NC2=O)c2ccccc21. The zero-order chi connectivity index (χ0) is 18.1. The number of hydrogen-bond donors (Lipinski definition) is 1. The van der Waals surface area contributed by atoms with Gasteiger partial charge in [0, 0.05) is 28.2 Å². The highest BCUT2D eigenvalue weighted by Crippen LogP contribution is 2.30. The average molecular weight is 364 g/mol. The van der Waals surface area contributed by atoms with Gasteiger partial charge in [-0.25, -0.2) is 0 Å². The molecule has 5 nitrogen and oxygen atoms in total. The van der Waals surface area contributed by atoms with Gasteiger partial charge in [-0.1, -0.05) is 36.4 Å². The number of para-hydroxylation sites is 2. The predicted octanol–water partition coefficient (Wildman–Crippen LogP) is 4.02. The van der Waals surface area contributed by atoms with E-state index in [4.69, 9.17) is 4.74 Å². The number of thioether (sulfide) groups is 1. The predicted molar refractivity (Wildman–Crippen MR) is 103 cm³/mol. The number of benzene rings is 2. The van der Waals surface area contributed by atoms with Crippen molar-refractivity contribution in [2.45, 2.75) is 6.54 Å². The molecule has 3 aromatic rings. The van der Waals surface area contributed by atoms with Crippen molar-refractivity contribution in [3.63, 3.8) is 0 Å². The number of methoxy groups -OCH3 is 1. The Morgan fingerprint density at radius 1 is 1.12 bits per heavy atom. The van der Waals surface area contributed by atoms with E-state index in [2.05, 4.69) is 9.88 Å². The second kappa shape index (κ2) is 6.72. The highest BCUT2D eigenvalue weighted by Gasteiger charge is 2.25. The van der Waals surface area contributed by atoms with Crippen LogP contribution in [0, 0.1) is 0 Å². The van der Waals surface area contributed by atoms with Gasteiger partial charge in [0.2, 0.25) is 0 Å². The molecule has 1 aliphatic rings. The van der Waals surface area contributed by atoms with Crippen molar-refractivity contribution in [2.24, 2.45) is 0 Å². The number of nitrogens with one attached hydrogen (secondary N) is 1. The molecule has 1 N–H and O–H groups in total. The zero-order valence-corrected chi connectivity index (χ0v) is 14.9. The van der Waals surface area contributed by atoms with Gasteiger partial charge in [-0.3, -0.25) is 14.9 Å². The molecular weight excluding hydrogens is 348 g/mol. The van der Waals surface area contributed by atoms with Crippen LogP contribution in [-0.4, -0.2) is 22.8 Å². The van der Waals surface area contributed by atoms with E-state index in [0.29, 0.717) is 11.4 Å². The summed E-state index contributed by atoms with van der Waals surface area (Å²) < 4.78 is 7.57. The summed E-state index contributed by atoms with van der Waals surface area (Å²) >= 11 is 0.929. The first-order chi connectivity index (χ1) is 12.7. The van der Waals surface area contributed by atoms with Crippen LogP contribution in [0.1, 0.15) is 11.1 Å². The number of rotatable bonds is 4. The van der Waals surface area contributed by atoms with Crippen molar-refractivity contribution in [3.05, 3.63) is 70.8 Å². The van der Waals surface area contributed by atoms with Gasteiger partial charge in [-0.15, -0.1) is 0 Å². The van der Waals surface area contributed by atoms with E-state index < -0.39 is 0 Å². The third-order valence-corrected chi connectivity index (χ3v) is 5.09. The molecule has 0 saturated carbocycles. The fourth-order valence-corrected chi connectivity index (χ4v) is 3.77. The van der Waals surface area contributed by atoms with Crippen LogP contribution in [0.4, 0.5) is 4.79 Å². The molecular formula is C20H16N2O3S. The van der Waals surface area contributed by atoms with Crippen molar-refractivity contribution in [3.8, 4) is 5.75 Å². The summed E-state index contributed by atoms with van der Waals surface area (Å²) in [5.74, 6) is 0.489. The van der Waals surface area contributed by atoms with Gasteiger partial charge < -0.3 is 9.30 Å². The van der Waals surface area contributed by atoms with E-state index >= 15 is 0 Å². The van der Waals surface area contributed by atoms with Crippen LogP contribution in [-0.2, 0) is 11.3 Å². The lowest BCUT2D eigenvalue weighted by Crippen LogP contribution is -2.17. The number of ether oxygens (including phenoxy) is 1. The molecule has 2 amide bonds. The molecule has 4 rings (SSSR count). The number of nitrogens with zero attached hydrogens (tertiary/aromatic N) is 1. The Hall–Kier alpha value is -2.99. The number of hydrogen-bond acceptors (Lipinski definition) is 4. The Labute approximate surface area is 154 Å². The lowest BCUT2D eigenvalue weighted by molar-refractivity contribution is -0.115. The van der Waals surface area contributed by atoms with Gasteiger partial charge in [-0.05, 0) is 30.0 Å². The summed E-state index contributed by atoms with van der Waals surface area (Å²) in [6, 6.07) is 15.9. The lowest BCUT2D eigenvalue weighted by atomic mass is 10.1. The number of carbonyl (C=O) groups is 2. The maximum atomic E-state index is 11.9. The topological polar surface area (TPSA) is 60.3 Å². The number of carbonyl (C=O) groups excluding carboxylic acids is 2. The second-order valence-corrected chi connectivity index (χ2v) is 6.91. The third kappa shape index (κ3) is 2.99. The van der Waals surface area contributed by atoms with Crippen LogP contribution >= 0.6 is 11.8 Å². The Balaban J connectivity index is 1.78. The minimum absolute atomic E-state index is 0.334. The van der Waals surface area contributed by atoms with Gasteiger partial charge in [0.1, 0.15) is 5.75 Å². The summed E-state index contributed by atoms with van der Waals surface area (Å²) in [4.78, 5) is 23.7. The molecule has 0 spiro atoms. The molecule has 0 unspecified atom stereocenters. The number of amides is 2. The quantitative estimate of drug-likeness (QED) is 0.710. The Morgan fingerprint density at radius 3 is 2.65 bits per heavy atom. The van der Waals surface area contributed by atoms with Crippen LogP contribution in [0.15, 0.2) is 59.6 Å². The van der Waals surface area contributed by atoms with Gasteiger partial charge in [0.15, 0.2) is 0 Å². The molecule has 2 heterocycles. The Bertz CT molecular complexity index is 1050. The molecule has 0 aliphatic carbocycles. The summed E-state index contributed by atoms with van der Waals surface area (Å²) in [5.41, 5.74) is 3.03. The molecule has 0 atom stereocenters. The summed E-state index contributed by atoms with van der Waals surface area (Å²) in [7, 11) is 1.66. The molecule has 2 aromatic carbocycles. The molecule has 0 bridgehead atoms. The molecule has 0 radical (unpaired) electrons. The van der Waals surface area contributed by atoms with Crippen molar-refractivity contribution >= 4 is 39.9 Å². The maximum Gasteiger partial charge on any atom is 0.290 e. The first-order valence-corrected chi connectivity index (χ1v) is 8.92. The van der Waals surface area contributed by atoms with Gasteiger partial charge in [-0.2, -0.15) is 0 Å². The molecule has 130 valence electrons. The summed E-state index contributed by atoms with van der Waals surface area (Å²) in [6.07, 6.45) is 3.77. The lowest BCUT2D eigenvalue weighted by Gasteiger charge is -2.10. The maximum absolute atomic E-state index is 11.9. The molecule has 1 aliphatic heterocycles. The van der Waals surface area contributed by atoms with E-state index in [9.17, 15) is 9.59 Å². The molecule has 1 fully saturated rings. The van der Waals surface area contributed by atoms with E-state index in [1.54, 1.807) is 13.2 Å². The zero-order valence-electron chi connectivity index (χ0n) is 14.1. The van der Waals surface area contributed by atoms with Crippen LogP contribution in [0.3, 0.4) is 0 Å². The van der Waals surface area contributed by atoms with Crippen LogP contribution in [0.2, 0.25) is 0 Å². The number of fused-ring (bicyclic) bond motifs is 1. The first kappa shape index (κ1) is 16.5. The number of aromatic nitrogens is 1. The van der Waals surface area contributed by atoms with Crippen molar-refractivity contribution in [2.75, 3.05) is 7.11 Å². The van der Waals surface area contributed by atoms with E-state index in [-0.39, 0.29) is 11.1 Å². The standard InChI is InChI=1S/C20H16N2O3S/c1-25-17-9-5-2-6-13(17)11-22-12-14(15-7-3-4-8-16(15)22)10-18-19(23)21-20(24)26-18/h2-10,12H,11H2,1H3,(H,21,23,24). The number of imide groups is 1. The Morgan fingerprint density at radius 2 is 1.88 bits per heavy atom. The summed E-state index contributed by atoms with van der Waals surface area (Å²) in [6.45, 7) is 0.645. The van der Waals surface area contributed by atoms with Crippen LogP contribution in [0.5, 0.6) is 5.75 Å². The monoisotopic (exact) mass is 364 g/mol. The average Bonchev–Trinajstić information content (AvgIpc) is 3.15. The molecule has 1 aromatic heterocycles. The van der Waals surface area contributed by atoms with Gasteiger partial charge in [0.05, 0.1) is 18.6 Å². The van der Waals surface area contributed by atoms with Crippen molar-refractivity contribution < 1.29 is 14.3 Å². The second-order valence-electron chi connectivity index (χ2n) is 5.89. The fraction of sp³-hybridized carbons (Fsp3) is 0.100. The van der Waals surface area contributed by atoms with Crippen molar-refractivity contribution in [1.82, 2.24) is 9.88 Å². The largest absolute Gasteiger partial charge is 0.496 e. The smallest absolute Gasteiger partial charge is 0.290 e. The molecule has 6 heteroatoms. The normalized spacial score (nSPS) is 15.7. The van der Waals surface area contributed by atoms with Crippen molar-refractivity contribution in [1.29, 1.82) is 0 Å². The van der Waals surface area contributed by atoms with Gasteiger partial charge >= 0.3 is 0 Å². The Kier molecular flexibility index (Phi) is 4.26. The minimum Gasteiger partial charge on any atom is -0.496 e. The molecule has 26 heavy (non-hydrogen) atoms. The highest BCUT2D eigenvalue weighted by atomic mass is 32.2. The highest BCUT2D eigenvalue weighted by molar-refractivity contribution is 8.18. The molecule has 1 saturated heterocycles. The van der Waals surface area contributed by atoms with Crippen LogP contribution in [0.25, 0.3) is 17.0 Å². The van der Waals surface area contributed by atoms with Gasteiger partial charge in [0.25, 0.3) is 11.1 Å². The van der Waals surface area contributed by atoms with E-state index in [1.807, 2.05) is 54.7 Å². The van der Waals surface area contributed by atoms with Crippen LogP contribution < -0.4 is 10.1 Å². The fourth-order valence-electron chi connectivity index (χ4n) is 3.10. The van der Waals surface area contributed by atoms with E-state index in [0.717, 1.165) is 39.5 Å². The van der Waals surface area contributed by atoms with E-state index in [1.165, 1.54) is 0 Å². The first-order valence-electron chi connectivity index (χ1n) is 8.10. The summed E-state index contributed by atoms with van der Waals surface area (Å²) in [5, 5.41) is 2.99. The third-order valence-electron chi connectivity index (χ3n) is 4.28. The minimum atomic E-state index is -0.346.